The van der Waals surface area contributed by atoms with Gasteiger partial charge in [-0.15, -0.1) is 5.10 Å². The molecule has 3 aliphatic rings. The molecule has 1 unspecified atom stereocenters. The number of rotatable bonds is 13. The predicted octanol–water partition coefficient (Wildman–Crippen LogP) is 6.61. The smallest absolute Gasteiger partial charge is 0.264 e. The lowest BCUT2D eigenvalue weighted by Crippen LogP contribution is -2.51. The normalized spacial score (nSPS) is 23.3. The summed E-state index contributed by atoms with van der Waals surface area (Å²) in [7, 11) is -0.724. The molecule has 0 aliphatic carbocycles. The zero-order valence-corrected chi connectivity index (χ0v) is 35.2. The van der Waals surface area contributed by atoms with Gasteiger partial charge < -0.3 is 30.1 Å². The van der Waals surface area contributed by atoms with Crippen molar-refractivity contribution in [3.63, 3.8) is 0 Å². The second-order valence-corrected chi connectivity index (χ2v) is 21.5. The van der Waals surface area contributed by atoms with Gasteiger partial charge >= 0.3 is 0 Å². The molecule has 3 N–H and O–H groups in total. The van der Waals surface area contributed by atoms with Crippen LogP contribution in [0.1, 0.15) is 54.5 Å². The van der Waals surface area contributed by atoms with Crippen LogP contribution in [-0.2, 0) is 33.0 Å². The topological polar surface area (TPSA) is 131 Å². The van der Waals surface area contributed by atoms with Crippen LogP contribution in [0.25, 0.3) is 0 Å². The van der Waals surface area contributed by atoms with E-state index in [9.17, 15) is 9.90 Å². The maximum Gasteiger partial charge on any atom is 0.264 e. The van der Waals surface area contributed by atoms with E-state index in [-0.39, 0.29) is 47.9 Å². The third kappa shape index (κ3) is 7.37. The van der Waals surface area contributed by atoms with Crippen LogP contribution in [0.15, 0.2) is 103 Å². The summed E-state index contributed by atoms with van der Waals surface area (Å²) >= 11 is 6.74. The minimum absolute atomic E-state index is 0.0198. The third-order valence-electron chi connectivity index (χ3n) is 12.7. The Morgan fingerprint density at radius 2 is 1.84 bits per heavy atom. The number of amides is 2. The van der Waals surface area contributed by atoms with Crippen LogP contribution in [0.3, 0.4) is 0 Å². The number of aliphatic hydroxyl groups excluding tert-OH is 1. The Balaban J connectivity index is 1.10. The average molecular weight is 819 g/mol. The molecule has 0 bridgehead atoms. The van der Waals surface area contributed by atoms with Crippen molar-refractivity contribution in [2.75, 3.05) is 30.5 Å². The van der Waals surface area contributed by atoms with Gasteiger partial charge in [-0.25, -0.2) is 0 Å². The van der Waals surface area contributed by atoms with Gasteiger partial charge in [-0.1, -0.05) is 96.6 Å². The molecule has 2 saturated heterocycles. The summed E-state index contributed by atoms with van der Waals surface area (Å²) < 4.78 is 14.7. The van der Waals surface area contributed by atoms with E-state index in [1.54, 1.807) is 7.11 Å². The molecule has 0 saturated carbocycles. The monoisotopic (exact) mass is 818 g/mol. The van der Waals surface area contributed by atoms with Crippen LogP contribution in [-0.4, -0.2) is 72.4 Å². The molecule has 0 radical (unpaired) electrons. The Bertz CT molecular complexity index is 2250. The third-order valence-corrected chi connectivity index (χ3v) is 17.3. The molecule has 1 spiro atoms. The summed E-state index contributed by atoms with van der Waals surface area (Å²) in [4.78, 5) is 29.9. The Morgan fingerprint density at radius 1 is 1.09 bits per heavy atom. The number of carbonyl (C=O) groups excluding carboxylic acids is 2. The van der Waals surface area contributed by atoms with Crippen LogP contribution >= 0.6 is 11.6 Å². The first-order valence-electron chi connectivity index (χ1n) is 20.2. The van der Waals surface area contributed by atoms with Crippen LogP contribution in [0.4, 0.5) is 11.4 Å². The minimum Gasteiger partial charge on any atom is -0.497 e. The molecule has 2 fully saturated rings. The molecular weight excluding hydrogens is 768 g/mol. The molecule has 5 aromatic rings. The number of ether oxygens (including phenoxy) is 2. The Kier molecular flexibility index (Phi) is 11.3. The maximum absolute atomic E-state index is 15.3. The van der Waals surface area contributed by atoms with E-state index in [2.05, 4.69) is 53.1 Å². The summed E-state index contributed by atoms with van der Waals surface area (Å²) in [6.45, 7) is 8.50. The number of hydrogen-bond acceptors (Lipinski definition) is 8. The lowest BCUT2D eigenvalue weighted by Gasteiger charge is -2.37. The fourth-order valence-electron chi connectivity index (χ4n) is 9.62. The van der Waals surface area contributed by atoms with Crippen molar-refractivity contribution in [2.45, 2.75) is 81.6 Å². The summed E-state index contributed by atoms with van der Waals surface area (Å²) in [5, 5.41) is 27.3. The maximum atomic E-state index is 15.3. The van der Waals surface area contributed by atoms with Crippen molar-refractivity contribution in [3.05, 3.63) is 131 Å². The van der Waals surface area contributed by atoms with E-state index in [1.165, 1.54) is 5.19 Å². The molecule has 3 aliphatic heterocycles. The molecule has 6 atom stereocenters. The van der Waals surface area contributed by atoms with Gasteiger partial charge in [0.05, 0.1) is 57.8 Å². The number of nitrogens with zero attached hydrogens (tertiary/aromatic N) is 4. The molecular formula is C45H51ClN6O5Si. The number of nitrogens with one attached hydrogen (secondary N) is 2. The molecule has 4 heterocycles. The number of methoxy groups -OCH3 is 1. The van der Waals surface area contributed by atoms with Crippen LogP contribution in [0, 0.1) is 5.92 Å². The summed E-state index contributed by atoms with van der Waals surface area (Å²) in [6.07, 6.45) is 4.01. The first-order chi connectivity index (χ1) is 28.0. The zero-order valence-electron chi connectivity index (χ0n) is 33.4. The van der Waals surface area contributed by atoms with Crippen molar-refractivity contribution >= 4 is 48.1 Å². The van der Waals surface area contributed by atoms with Gasteiger partial charge in [-0.3, -0.25) is 14.3 Å². The van der Waals surface area contributed by atoms with E-state index in [0.29, 0.717) is 30.2 Å². The molecule has 1 aromatic heterocycles. The van der Waals surface area contributed by atoms with Gasteiger partial charge in [0.15, 0.2) is 5.60 Å². The SMILES string of the molecule is COc1ccc([Si](C)(C)[C@@H]2[C@@H](CCn3cc(C(CO)c4ccccc4)nn3)O[C@]3(C(=O)N(Cc4ccc(NC(=O)[C@H]5CCCN5)cc4)c4ccc(Cl)cc43)[C@H]2C)cc1. The number of aromatic nitrogens is 3. The highest BCUT2D eigenvalue weighted by Crippen LogP contribution is 2.60. The van der Waals surface area contributed by atoms with Crippen molar-refractivity contribution in [3.8, 4) is 5.75 Å². The van der Waals surface area contributed by atoms with E-state index < -0.39 is 13.7 Å². The summed E-state index contributed by atoms with van der Waals surface area (Å²) in [6, 6.07) is 31.4. The molecule has 302 valence electrons. The average Bonchev–Trinajstić information content (AvgIpc) is 4.04. The number of benzene rings is 4. The largest absolute Gasteiger partial charge is 0.497 e. The number of hydrogen-bond donors (Lipinski definition) is 3. The number of fused-ring (bicyclic) bond motifs is 2. The van der Waals surface area contributed by atoms with Gasteiger partial charge in [0.1, 0.15) is 5.75 Å². The van der Waals surface area contributed by atoms with E-state index in [1.807, 2.05) is 101 Å². The Hall–Kier alpha value is -4.85. The highest BCUT2D eigenvalue weighted by molar-refractivity contribution is 6.91. The first kappa shape index (κ1) is 39.9. The molecule has 11 nitrogen and oxygen atoms in total. The molecule has 2 amide bonds. The van der Waals surface area contributed by atoms with Gasteiger partial charge in [0, 0.05) is 34.9 Å². The summed E-state index contributed by atoms with van der Waals surface area (Å²) in [5.41, 5.74) is 3.63. The van der Waals surface area contributed by atoms with E-state index >= 15 is 4.79 Å². The van der Waals surface area contributed by atoms with E-state index in [0.717, 1.165) is 53.2 Å². The van der Waals surface area contributed by atoms with Crippen molar-refractivity contribution in [1.29, 1.82) is 0 Å². The van der Waals surface area contributed by atoms with Gasteiger partial charge in [0.2, 0.25) is 5.91 Å². The predicted molar refractivity (Wildman–Crippen MR) is 228 cm³/mol. The fraction of sp³-hybridized carbons (Fsp3) is 0.378. The summed E-state index contributed by atoms with van der Waals surface area (Å²) in [5.74, 6) is 0.160. The lowest BCUT2D eigenvalue weighted by molar-refractivity contribution is -0.146. The van der Waals surface area contributed by atoms with Gasteiger partial charge in [0.25, 0.3) is 5.91 Å². The first-order valence-corrected chi connectivity index (χ1v) is 23.6. The molecule has 4 aromatic carbocycles. The van der Waals surface area contributed by atoms with Crippen LogP contribution < -0.4 is 25.5 Å². The highest BCUT2D eigenvalue weighted by atomic mass is 35.5. The highest BCUT2D eigenvalue weighted by Gasteiger charge is 2.66. The standard InChI is InChI=1S/C45H51ClN6O5Si/c1-29-42(58(3,4)35-19-17-34(56-2)18-20-35)41(22-24-51-27-39(49-50-51)36(28-53)31-9-6-5-7-10-31)57-45(29)37-25-32(46)14-21-40(37)52(44(45)55)26-30-12-15-33(16-13-30)48-43(54)38-11-8-23-47-38/h5-7,9-10,12-21,25,27,29,36,38,41-42,47,53H,8,11,22-24,26,28H2,1-4H3,(H,48,54)/t29-,36?,38+,41+,42-,45+/m0/s1. The number of carbonyl (C=O) groups is 2. The number of halogens is 1. The zero-order chi connectivity index (χ0) is 40.6. The number of anilines is 2. The minimum atomic E-state index is -2.39. The quantitative estimate of drug-likeness (QED) is 0.113. The Morgan fingerprint density at radius 3 is 2.53 bits per heavy atom. The Labute approximate surface area is 345 Å². The fourth-order valence-corrected chi connectivity index (χ4v) is 13.9. The lowest BCUT2D eigenvalue weighted by atomic mass is 9.82. The van der Waals surface area contributed by atoms with Crippen molar-refractivity contribution in [2.24, 2.45) is 5.92 Å². The second kappa shape index (κ2) is 16.4. The van der Waals surface area contributed by atoms with Gasteiger partial charge in [-0.2, -0.15) is 0 Å². The molecule has 58 heavy (non-hydrogen) atoms. The van der Waals surface area contributed by atoms with E-state index in [4.69, 9.17) is 21.1 Å². The molecule has 13 heteroatoms. The second-order valence-electron chi connectivity index (χ2n) is 16.4. The number of aliphatic hydroxyl groups is 1. The van der Waals surface area contributed by atoms with Gasteiger partial charge in [-0.05, 0) is 84.9 Å². The van der Waals surface area contributed by atoms with Crippen LogP contribution in [0.5, 0.6) is 5.75 Å². The van der Waals surface area contributed by atoms with Crippen molar-refractivity contribution in [1.82, 2.24) is 20.3 Å². The van der Waals surface area contributed by atoms with Crippen molar-refractivity contribution < 1.29 is 24.2 Å². The number of aryl methyl sites for hydroxylation is 1. The van der Waals surface area contributed by atoms with Crippen LogP contribution in [0.2, 0.25) is 23.7 Å². The molecule has 8 rings (SSSR count).